The fourth-order valence-electron chi connectivity index (χ4n) is 1.08. The molecule has 0 aromatic heterocycles. The van der Waals surface area contributed by atoms with Crippen molar-refractivity contribution in [1.29, 1.82) is 0 Å². The second-order valence-electron chi connectivity index (χ2n) is 2.91. The summed E-state index contributed by atoms with van der Waals surface area (Å²) < 4.78 is 118. The summed E-state index contributed by atoms with van der Waals surface area (Å²) >= 11 is 0. The van der Waals surface area contributed by atoms with Crippen LogP contribution in [0.15, 0.2) is 4.90 Å². The van der Waals surface area contributed by atoms with Crippen LogP contribution in [0.25, 0.3) is 0 Å². The lowest BCUT2D eigenvalue weighted by Crippen LogP contribution is -2.19. The quantitative estimate of drug-likeness (QED) is 0.453. The molecule has 0 atom stereocenters. The highest BCUT2D eigenvalue weighted by molar-refractivity contribution is 7.85. The summed E-state index contributed by atoms with van der Waals surface area (Å²) in [6.45, 7) is 0. The summed E-state index contributed by atoms with van der Waals surface area (Å²) in [4.78, 5) is -2.63. The van der Waals surface area contributed by atoms with Crippen molar-refractivity contribution in [1.82, 2.24) is 0 Å². The highest BCUT2D eigenvalue weighted by Crippen LogP contribution is 2.37. The molecule has 0 aliphatic heterocycles. The molecule has 0 heterocycles. The van der Waals surface area contributed by atoms with Gasteiger partial charge >= 0.3 is 6.18 Å². The normalized spacial score (nSPS) is 12.9. The Labute approximate surface area is 94.6 Å². The molecule has 0 radical (unpaired) electrons. The zero-order valence-electron chi connectivity index (χ0n) is 7.78. The molecule has 11 heteroatoms. The van der Waals surface area contributed by atoms with Crippen molar-refractivity contribution in [2.75, 3.05) is 0 Å². The lowest BCUT2D eigenvalue weighted by molar-refractivity contribution is -0.143. The van der Waals surface area contributed by atoms with Crippen molar-refractivity contribution in [3.05, 3.63) is 28.8 Å². The Bertz CT molecular complexity index is 575. The van der Waals surface area contributed by atoms with Gasteiger partial charge in [0.25, 0.3) is 0 Å². The standard InChI is InChI=1S/C7HF7O3S/c8-2-1(7(12,13)14)3(9)5(11)6(4(2)10)18(15,16)17/h(H,15,16,17)/p-1. The maximum absolute atomic E-state index is 12.9. The molecule has 18 heavy (non-hydrogen) atoms. The molecular weight excluding hydrogens is 297 g/mol. The predicted molar refractivity (Wildman–Crippen MR) is 39.2 cm³/mol. The van der Waals surface area contributed by atoms with E-state index in [9.17, 15) is 43.7 Å². The number of hydrogen-bond donors (Lipinski definition) is 0. The minimum atomic E-state index is -6.02. The minimum absolute atomic E-state index is 2.63. The number of benzene rings is 1. The van der Waals surface area contributed by atoms with E-state index in [0.717, 1.165) is 0 Å². The van der Waals surface area contributed by atoms with Crippen LogP contribution in [0, 0.1) is 23.3 Å². The lowest BCUT2D eigenvalue weighted by Gasteiger charge is -2.15. The first kappa shape index (κ1) is 14.7. The molecule has 0 saturated heterocycles. The van der Waals surface area contributed by atoms with Gasteiger partial charge in [0.2, 0.25) is 0 Å². The number of alkyl halides is 3. The highest BCUT2D eigenvalue weighted by atomic mass is 32.2. The molecule has 0 bridgehead atoms. The van der Waals surface area contributed by atoms with Crippen LogP contribution >= 0.6 is 0 Å². The van der Waals surface area contributed by atoms with E-state index >= 15 is 0 Å². The Morgan fingerprint density at radius 2 is 1.17 bits per heavy atom. The van der Waals surface area contributed by atoms with Crippen molar-refractivity contribution in [3.63, 3.8) is 0 Å². The molecule has 0 aliphatic rings. The van der Waals surface area contributed by atoms with E-state index in [0.29, 0.717) is 0 Å². The van der Waals surface area contributed by atoms with Crippen molar-refractivity contribution in [3.8, 4) is 0 Å². The maximum atomic E-state index is 12.9. The largest absolute Gasteiger partial charge is 0.744 e. The summed E-state index contributed by atoms with van der Waals surface area (Å²) in [6, 6.07) is 0. The van der Waals surface area contributed by atoms with Crippen LogP contribution in [0.5, 0.6) is 0 Å². The Hall–Kier alpha value is -1.36. The van der Waals surface area contributed by atoms with Gasteiger partial charge in [-0.1, -0.05) is 0 Å². The monoisotopic (exact) mass is 297 g/mol. The van der Waals surface area contributed by atoms with Crippen molar-refractivity contribution in [2.24, 2.45) is 0 Å². The number of hydrogen-bond acceptors (Lipinski definition) is 3. The molecule has 3 nitrogen and oxygen atoms in total. The van der Waals surface area contributed by atoms with Crippen LogP contribution in [0.4, 0.5) is 30.7 Å². The predicted octanol–water partition coefficient (Wildman–Crippen LogP) is 2.17. The van der Waals surface area contributed by atoms with Gasteiger partial charge in [0.1, 0.15) is 20.6 Å². The second-order valence-corrected chi connectivity index (χ2v) is 4.23. The third-order valence-corrected chi connectivity index (χ3v) is 2.61. The molecule has 1 aromatic rings. The van der Waals surface area contributed by atoms with Gasteiger partial charge < -0.3 is 4.55 Å². The molecule has 0 amide bonds. The first-order valence-corrected chi connectivity index (χ1v) is 5.19. The third-order valence-electron chi connectivity index (χ3n) is 1.76. The molecular formula is C7F7O3S-. The average molecular weight is 297 g/mol. The van der Waals surface area contributed by atoms with Gasteiger partial charge in [-0.3, -0.25) is 0 Å². The molecule has 0 aliphatic carbocycles. The Morgan fingerprint density at radius 1 is 0.833 bits per heavy atom. The number of rotatable bonds is 1. The van der Waals surface area contributed by atoms with Gasteiger partial charge in [-0.05, 0) is 0 Å². The van der Waals surface area contributed by atoms with Crippen molar-refractivity contribution < 1.29 is 43.7 Å². The Kier molecular flexibility index (Phi) is 3.34. The molecule has 102 valence electrons. The fraction of sp³-hybridized carbons (Fsp3) is 0.143. The second kappa shape index (κ2) is 4.09. The van der Waals surface area contributed by atoms with Gasteiger partial charge in [-0.15, -0.1) is 0 Å². The topological polar surface area (TPSA) is 57.2 Å². The van der Waals surface area contributed by atoms with Crippen LogP contribution in [-0.4, -0.2) is 13.0 Å². The smallest absolute Gasteiger partial charge is 0.422 e. The van der Waals surface area contributed by atoms with E-state index in [1.807, 2.05) is 0 Å². The molecule has 0 fully saturated rings. The summed E-state index contributed by atoms with van der Waals surface area (Å²) in [7, 11) is -6.02. The van der Waals surface area contributed by atoms with E-state index in [1.54, 1.807) is 0 Å². The van der Waals surface area contributed by atoms with Crippen LogP contribution in [-0.2, 0) is 16.3 Å². The zero-order valence-corrected chi connectivity index (χ0v) is 8.60. The Morgan fingerprint density at radius 3 is 1.39 bits per heavy atom. The van der Waals surface area contributed by atoms with E-state index in [4.69, 9.17) is 0 Å². The summed E-state index contributed by atoms with van der Waals surface area (Å²) in [5.41, 5.74) is -2.95. The van der Waals surface area contributed by atoms with Crippen LogP contribution in [0.2, 0.25) is 0 Å². The van der Waals surface area contributed by atoms with Crippen LogP contribution in [0.3, 0.4) is 0 Å². The molecule has 0 spiro atoms. The Balaban J connectivity index is 3.90. The van der Waals surface area contributed by atoms with Crippen LogP contribution in [0.1, 0.15) is 5.56 Å². The van der Waals surface area contributed by atoms with Crippen molar-refractivity contribution >= 4 is 10.1 Å². The maximum Gasteiger partial charge on any atom is 0.422 e. The molecule has 1 rings (SSSR count). The van der Waals surface area contributed by atoms with Gasteiger partial charge in [-0.2, -0.15) is 13.2 Å². The van der Waals surface area contributed by atoms with E-state index in [1.165, 1.54) is 0 Å². The highest BCUT2D eigenvalue weighted by Gasteiger charge is 2.43. The van der Waals surface area contributed by atoms with Crippen molar-refractivity contribution in [2.45, 2.75) is 11.1 Å². The minimum Gasteiger partial charge on any atom is -0.744 e. The average Bonchev–Trinajstić information content (AvgIpc) is 2.10. The molecule has 1 aromatic carbocycles. The SMILES string of the molecule is O=S(=O)([O-])c1c(F)c(F)c(C(F)(F)F)c(F)c1F. The summed E-state index contributed by atoms with van der Waals surface area (Å²) in [5.74, 6) is -11.8. The van der Waals surface area contributed by atoms with Crippen LogP contribution < -0.4 is 0 Å². The first-order valence-electron chi connectivity index (χ1n) is 3.78. The lowest BCUT2D eigenvalue weighted by atomic mass is 10.1. The third kappa shape index (κ3) is 2.27. The zero-order chi connectivity index (χ0) is 14.5. The molecule has 0 saturated carbocycles. The number of halogens is 7. The fourth-order valence-corrected chi connectivity index (χ4v) is 1.70. The van der Waals surface area contributed by atoms with E-state index in [2.05, 4.69) is 0 Å². The van der Waals surface area contributed by atoms with Gasteiger partial charge in [-0.25, -0.2) is 26.0 Å². The van der Waals surface area contributed by atoms with Gasteiger partial charge in [0.05, 0.1) is 0 Å². The first-order chi connectivity index (χ1) is 7.89. The molecule has 0 unspecified atom stereocenters. The summed E-state index contributed by atoms with van der Waals surface area (Å²) in [6.07, 6.45) is -5.80. The van der Waals surface area contributed by atoms with Gasteiger partial charge in [0, 0.05) is 0 Å². The molecule has 0 N–H and O–H groups in total. The summed E-state index contributed by atoms with van der Waals surface area (Å²) in [5, 5.41) is 0. The van der Waals surface area contributed by atoms with Gasteiger partial charge in [0.15, 0.2) is 23.3 Å². The van der Waals surface area contributed by atoms with E-state index < -0.39 is 50.0 Å². The van der Waals surface area contributed by atoms with E-state index in [-0.39, 0.29) is 0 Å².